The van der Waals surface area contributed by atoms with Crippen LogP contribution in [0.3, 0.4) is 0 Å². The van der Waals surface area contributed by atoms with Crippen LogP contribution < -0.4 is 15.8 Å². The summed E-state index contributed by atoms with van der Waals surface area (Å²) in [6, 6.07) is 3.84. The first-order valence-corrected chi connectivity index (χ1v) is 6.16. The van der Waals surface area contributed by atoms with Gasteiger partial charge in [0.1, 0.15) is 5.75 Å². The molecule has 0 aliphatic carbocycles. The third-order valence-electron chi connectivity index (χ3n) is 3.11. The summed E-state index contributed by atoms with van der Waals surface area (Å²) >= 11 is 0. The van der Waals surface area contributed by atoms with Gasteiger partial charge in [-0.3, -0.25) is 4.79 Å². The normalized spacial score (nSPS) is 12.1. The van der Waals surface area contributed by atoms with Crippen molar-refractivity contribution in [2.45, 2.75) is 27.2 Å². The highest BCUT2D eigenvalue weighted by Gasteiger charge is 2.15. The topological polar surface area (TPSA) is 64.3 Å². The number of anilines is 1. The zero-order valence-electron chi connectivity index (χ0n) is 11.5. The van der Waals surface area contributed by atoms with Crippen LogP contribution in [0, 0.1) is 19.8 Å². The molecule has 4 nitrogen and oxygen atoms in total. The van der Waals surface area contributed by atoms with Crippen molar-refractivity contribution in [3.63, 3.8) is 0 Å². The van der Waals surface area contributed by atoms with Crippen molar-refractivity contribution in [1.82, 2.24) is 0 Å². The molecule has 1 aromatic carbocycles. The zero-order chi connectivity index (χ0) is 13.7. The van der Waals surface area contributed by atoms with E-state index in [1.807, 2.05) is 32.9 Å². The van der Waals surface area contributed by atoms with Crippen LogP contribution in [0.2, 0.25) is 0 Å². The lowest BCUT2D eigenvalue weighted by Gasteiger charge is -2.16. The van der Waals surface area contributed by atoms with Crippen molar-refractivity contribution in [2.24, 2.45) is 11.7 Å². The number of ether oxygens (including phenoxy) is 1. The monoisotopic (exact) mass is 250 g/mol. The van der Waals surface area contributed by atoms with Gasteiger partial charge in [-0.15, -0.1) is 0 Å². The van der Waals surface area contributed by atoms with Crippen LogP contribution in [0.25, 0.3) is 0 Å². The fourth-order valence-electron chi connectivity index (χ4n) is 1.91. The molecule has 18 heavy (non-hydrogen) atoms. The Hall–Kier alpha value is -1.55. The van der Waals surface area contributed by atoms with Crippen LogP contribution in [0.4, 0.5) is 5.69 Å². The van der Waals surface area contributed by atoms with Crippen LogP contribution in [0.15, 0.2) is 12.1 Å². The zero-order valence-corrected chi connectivity index (χ0v) is 11.5. The third kappa shape index (κ3) is 3.23. The van der Waals surface area contributed by atoms with E-state index < -0.39 is 0 Å². The second-order valence-electron chi connectivity index (χ2n) is 4.56. The number of methoxy groups -OCH3 is 1. The van der Waals surface area contributed by atoms with E-state index in [-0.39, 0.29) is 11.8 Å². The summed E-state index contributed by atoms with van der Waals surface area (Å²) in [6.45, 7) is 6.32. The molecule has 0 saturated heterocycles. The molecule has 4 heteroatoms. The van der Waals surface area contributed by atoms with Crippen LogP contribution in [0.5, 0.6) is 5.75 Å². The number of aryl methyl sites for hydroxylation is 1. The number of amides is 1. The molecule has 0 fully saturated rings. The Balaban J connectivity index is 2.89. The number of benzene rings is 1. The van der Waals surface area contributed by atoms with Crippen molar-refractivity contribution >= 4 is 11.6 Å². The molecule has 0 aliphatic heterocycles. The molecule has 1 atom stereocenters. The molecule has 0 radical (unpaired) electrons. The number of carbonyl (C=O) groups excluding carboxylic acids is 1. The van der Waals surface area contributed by atoms with E-state index in [0.717, 1.165) is 22.6 Å². The van der Waals surface area contributed by atoms with Gasteiger partial charge in [0.15, 0.2) is 0 Å². The van der Waals surface area contributed by atoms with Crippen molar-refractivity contribution in [3.05, 3.63) is 23.3 Å². The fourth-order valence-corrected chi connectivity index (χ4v) is 1.91. The lowest BCUT2D eigenvalue weighted by Crippen LogP contribution is -2.23. The maximum Gasteiger partial charge on any atom is 0.227 e. The summed E-state index contributed by atoms with van der Waals surface area (Å²) in [7, 11) is 1.64. The second kappa shape index (κ2) is 6.40. The highest BCUT2D eigenvalue weighted by molar-refractivity contribution is 5.93. The molecule has 1 unspecified atom stereocenters. The van der Waals surface area contributed by atoms with Crippen molar-refractivity contribution in [2.75, 3.05) is 19.0 Å². The first-order chi connectivity index (χ1) is 8.51. The standard InChI is InChI=1S/C14H22N2O2/c1-9-5-6-12(11(3)13(9)18-4)16-14(17)10(2)7-8-15/h5-6,10H,7-8,15H2,1-4H3,(H,16,17). The van der Waals surface area contributed by atoms with Gasteiger partial charge in [0.05, 0.1) is 7.11 Å². The van der Waals surface area contributed by atoms with Gasteiger partial charge in [-0.1, -0.05) is 13.0 Å². The molecule has 1 rings (SSSR count). The minimum atomic E-state index is -0.0818. The predicted octanol–water partition coefficient (Wildman–Crippen LogP) is 2.24. The maximum absolute atomic E-state index is 11.9. The average molecular weight is 250 g/mol. The lowest BCUT2D eigenvalue weighted by atomic mass is 10.1. The number of rotatable bonds is 5. The van der Waals surface area contributed by atoms with Gasteiger partial charge >= 0.3 is 0 Å². The Morgan fingerprint density at radius 1 is 1.44 bits per heavy atom. The van der Waals surface area contributed by atoms with E-state index in [1.54, 1.807) is 7.11 Å². The minimum Gasteiger partial charge on any atom is -0.496 e. The smallest absolute Gasteiger partial charge is 0.227 e. The van der Waals surface area contributed by atoms with E-state index in [0.29, 0.717) is 13.0 Å². The largest absolute Gasteiger partial charge is 0.496 e. The number of hydrogen-bond acceptors (Lipinski definition) is 3. The first kappa shape index (κ1) is 14.5. The number of carbonyl (C=O) groups is 1. The van der Waals surface area contributed by atoms with Gasteiger partial charge in [0, 0.05) is 17.2 Å². The molecule has 0 aliphatic rings. The van der Waals surface area contributed by atoms with Gasteiger partial charge in [0.25, 0.3) is 0 Å². The van der Waals surface area contributed by atoms with Crippen LogP contribution in [0.1, 0.15) is 24.5 Å². The molecule has 1 amide bonds. The minimum absolute atomic E-state index is 0.00513. The second-order valence-corrected chi connectivity index (χ2v) is 4.56. The van der Waals surface area contributed by atoms with E-state index in [9.17, 15) is 4.79 Å². The van der Waals surface area contributed by atoms with Gasteiger partial charge in [-0.25, -0.2) is 0 Å². The molecule has 100 valence electrons. The molecule has 0 heterocycles. The Morgan fingerprint density at radius 2 is 2.11 bits per heavy atom. The molecule has 1 aromatic rings. The summed E-state index contributed by atoms with van der Waals surface area (Å²) in [5, 5.41) is 2.92. The Morgan fingerprint density at radius 3 is 2.67 bits per heavy atom. The number of nitrogens with two attached hydrogens (primary N) is 1. The number of hydrogen-bond donors (Lipinski definition) is 2. The molecular weight excluding hydrogens is 228 g/mol. The summed E-state index contributed by atoms with van der Waals surface area (Å²) in [5.41, 5.74) is 8.26. The Kier molecular flexibility index (Phi) is 5.16. The van der Waals surface area contributed by atoms with Gasteiger partial charge in [-0.2, -0.15) is 0 Å². The third-order valence-corrected chi connectivity index (χ3v) is 3.11. The summed E-state index contributed by atoms with van der Waals surface area (Å²) < 4.78 is 5.33. The van der Waals surface area contributed by atoms with E-state index >= 15 is 0 Å². The van der Waals surface area contributed by atoms with Crippen LogP contribution >= 0.6 is 0 Å². The molecule has 0 aromatic heterocycles. The predicted molar refractivity (Wildman–Crippen MR) is 73.9 cm³/mol. The van der Waals surface area contributed by atoms with Crippen molar-refractivity contribution in [1.29, 1.82) is 0 Å². The Labute approximate surface area is 109 Å². The quantitative estimate of drug-likeness (QED) is 0.842. The van der Waals surface area contributed by atoms with E-state index in [1.165, 1.54) is 0 Å². The summed E-state index contributed by atoms with van der Waals surface area (Å²) in [4.78, 5) is 11.9. The van der Waals surface area contributed by atoms with Crippen LogP contribution in [-0.4, -0.2) is 19.6 Å². The molecule has 0 bridgehead atoms. The van der Waals surface area contributed by atoms with Gasteiger partial charge in [-0.05, 0) is 38.4 Å². The summed E-state index contributed by atoms with van der Waals surface area (Å²) in [6.07, 6.45) is 0.688. The van der Waals surface area contributed by atoms with Gasteiger partial charge < -0.3 is 15.8 Å². The van der Waals surface area contributed by atoms with E-state index in [2.05, 4.69) is 5.32 Å². The molecule has 3 N–H and O–H groups in total. The lowest BCUT2D eigenvalue weighted by molar-refractivity contribution is -0.119. The SMILES string of the molecule is COc1c(C)ccc(NC(=O)C(C)CCN)c1C. The first-order valence-electron chi connectivity index (χ1n) is 6.16. The highest BCUT2D eigenvalue weighted by atomic mass is 16.5. The van der Waals surface area contributed by atoms with Gasteiger partial charge in [0.2, 0.25) is 5.91 Å². The Bertz CT molecular complexity index is 430. The average Bonchev–Trinajstić information content (AvgIpc) is 2.33. The number of nitrogens with one attached hydrogen (secondary N) is 1. The molecule has 0 saturated carbocycles. The van der Waals surface area contributed by atoms with Crippen molar-refractivity contribution in [3.8, 4) is 5.75 Å². The highest BCUT2D eigenvalue weighted by Crippen LogP contribution is 2.29. The molecular formula is C14H22N2O2. The molecule has 0 spiro atoms. The van der Waals surface area contributed by atoms with E-state index in [4.69, 9.17) is 10.5 Å². The fraction of sp³-hybridized carbons (Fsp3) is 0.500. The maximum atomic E-state index is 11.9. The van der Waals surface area contributed by atoms with Crippen LogP contribution in [-0.2, 0) is 4.79 Å². The summed E-state index contributed by atoms with van der Waals surface area (Å²) in [5.74, 6) is 0.732. The van der Waals surface area contributed by atoms with Crippen molar-refractivity contribution < 1.29 is 9.53 Å².